The molecule has 0 radical (unpaired) electrons. The van der Waals surface area contributed by atoms with Crippen LogP contribution in [-0.4, -0.2) is 86.5 Å². The van der Waals surface area contributed by atoms with Gasteiger partial charge < -0.3 is 9.64 Å². The van der Waals surface area contributed by atoms with Gasteiger partial charge in [-0.2, -0.15) is 4.31 Å². The van der Waals surface area contributed by atoms with Gasteiger partial charge >= 0.3 is 5.97 Å². The zero-order valence-electron chi connectivity index (χ0n) is 17.7. The topological polar surface area (TPSA) is 87.2 Å². The summed E-state index contributed by atoms with van der Waals surface area (Å²) in [5.41, 5.74) is 1.69. The van der Waals surface area contributed by atoms with E-state index in [1.807, 2.05) is 24.3 Å². The molecule has 166 valence electrons. The summed E-state index contributed by atoms with van der Waals surface area (Å²) in [7, 11) is -3.14. The fourth-order valence-corrected chi connectivity index (χ4v) is 4.87. The first kappa shape index (κ1) is 22.7. The zero-order valence-corrected chi connectivity index (χ0v) is 18.6. The minimum absolute atomic E-state index is 0.0129. The van der Waals surface area contributed by atoms with Crippen LogP contribution in [0.1, 0.15) is 35.7 Å². The number of rotatable bonds is 6. The second-order valence-electron chi connectivity index (χ2n) is 7.96. The van der Waals surface area contributed by atoms with Gasteiger partial charge in [0.05, 0.1) is 18.8 Å². The number of likely N-dealkylation sites (tertiary alicyclic amines) is 1. The highest BCUT2D eigenvalue weighted by atomic mass is 32.2. The maximum absolute atomic E-state index is 12.9. The minimum Gasteiger partial charge on any atom is -0.466 e. The van der Waals surface area contributed by atoms with Crippen LogP contribution >= 0.6 is 0 Å². The smallest absolute Gasteiger partial charge is 0.309 e. The number of piperidine rings is 1. The largest absolute Gasteiger partial charge is 0.466 e. The number of piperazine rings is 1. The van der Waals surface area contributed by atoms with E-state index in [-0.39, 0.29) is 17.8 Å². The fraction of sp³-hybridized carbons (Fsp3) is 0.619. The van der Waals surface area contributed by atoms with Gasteiger partial charge in [-0.3, -0.25) is 14.5 Å². The Morgan fingerprint density at radius 3 is 2.33 bits per heavy atom. The van der Waals surface area contributed by atoms with E-state index in [9.17, 15) is 18.0 Å². The molecule has 0 unspecified atom stereocenters. The van der Waals surface area contributed by atoms with E-state index in [2.05, 4.69) is 4.90 Å². The Bertz CT molecular complexity index is 857. The molecule has 2 fully saturated rings. The van der Waals surface area contributed by atoms with Crippen LogP contribution in [0.5, 0.6) is 0 Å². The summed E-state index contributed by atoms with van der Waals surface area (Å²) in [6.07, 6.45) is 2.51. The average molecular weight is 438 g/mol. The number of nitrogens with zero attached hydrogens (tertiary/aromatic N) is 3. The van der Waals surface area contributed by atoms with E-state index in [0.717, 1.165) is 5.56 Å². The molecule has 1 aromatic rings. The van der Waals surface area contributed by atoms with Gasteiger partial charge in [0.25, 0.3) is 5.91 Å². The highest BCUT2D eigenvalue weighted by Gasteiger charge is 2.29. The lowest BCUT2D eigenvalue weighted by Gasteiger charge is -2.33. The number of hydrogen-bond donors (Lipinski definition) is 0. The Morgan fingerprint density at radius 1 is 1.07 bits per heavy atom. The third-order valence-corrected chi connectivity index (χ3v) is 7.09. The Balaban J connectivity index is 1.54. The monoisotopic (exact) mass is 437 g/mol. The van der Waals surface area contributed by atoms with Crippen molar-refractivity contribution in [1.82, 2.24) is 14.1 Å². The number of amides is 1. The number of ether oxygens (including phenoxy) is 1. The number of carbonyl (C=O) groups is 2. The van der Waals surface area contributed by atoms with Crippen molar-refractivity contribution in [2.24, 2.45) is 5.92 Å². The predicted molar refractivity (Wildman–Crippen MR) is 113 cm³/mol. The Kier molecular flexibility index (Phi) is 7.49. The van der Waals surface area contributed by atoms with Crippen molar-refractivity contribution in [1.29, 1.82) is 0 Å². The van der Waals surface area contributed by atoms with E-state index < -0.39 is 10.0 Å². The lowest BCUT2D eigenvalue weighted by molar-refractivity contribution is -0.149. The average Bonchev–Trinajstić information content (AvgIpc) is 2.73. The summed E-state index contributed by atoms with van der Waals surface area (Å²) in [6, 6.07) is 7.63. The van der Waals surface area contributed by atoms with Crippen LogP contribution in [0.4, 0.5) is 0 Å². The summed E-state index contributed by atoms with van der Waals surface area (Å²) >= 11 is 0. The summed E-state index contributed by atoms with van der Waals surface area (Å²) in [5.74, 6) is -0.297. The van der Waals surface area contributed by atoms with Crippen molar-refractivity contribution in [2.45, 2.75) is 26.3 Å². The third kappa shape index (κ3) is 5.80. The lowest BCUT2D eigenvalue weighted by atomic mass is 9.96. The first-order valence-corrected chi connectivity index (χ1v) is 12.3. The highest BCUT2D eigenvalue weighted by Crippen LogP contribution is 2.21. The molecule has 0 saturated carbocycles. The molecule has 0 bridgehead atoms. The van der Waals surface area contributed by atoms with Gasteiger partial charge in [0.1, 0.15) is 0 Å². The van der Waals surface area contributed by atoms with E-state index in [4.69, 9.17) is 4.74 Å². The maximum atomic E-state index is 12.9. The Hall–Kier alpha value is -1.97. The molecule has 2 aliphatic heterocycles. The van der Waals surface area contributed by atoms with Crippen LogP contribution in [0.2, 0.25) is 0 Å². The van der Waals surface area contributed by atoms with E-state index in [1.165, 1.54) is 10.6 Å². The molecule has 1 aromatic carbocycles. The molecule has 1 amide bonds. The molecule has 0 aromatic heterocycles. The van der Waals surface area contributed by atoms with Crippen molar-refractivity contribution < 1.29 is 22.7 Å². The van der Waals surface area contributed by atoms with Gasteiger partial charge in [-0.1, -0.05) is 12.1 Å². The molecular weight excluding hydrogens is 406 g/mol. The van der Waals surface area contributed by atoms with Crippen LogP contribution < -0.4 is 0 Å². The number of carbonyl (C=O) groups excluding carboxylic acids is 2. The van der Waals surface area contributed by atoms with Crippen molar-refractivity contribution >= 4 is 21.9 Å². The highest BCUT2D eigenvalue weighted by molar-refractivity contribution is 7.88. The predicted octanol–water partition coefficient (Wildman–Crippen LogP) is 1.18. The van der Waals surface area contributed by atoms with Crippen molar-refractivity contribution in [3.05, 3.63) is 35.4 Å². The molecule has 0 atom stereocenters. The summed E-state index contributed by atoms with van der Waals surface area (Å²) in [4.78, 5) is 28.8. The quantitative estimate of drug-likeness (QED) is 0.621. The molecule has 30 heavy (non-hydrogen) atoms. The third-order valence-electron chi connectivity index (χ3n) is 5.78. The molecule has 2 aliphatic rings. The van der Waals surface area contributed by atoms with Crippen LogP contribution in [0.3, 0.4) is 0 Å². The molecular formula is C21H31N3O5S. The van der Waals surface area contributed by atoms with Gasteiger partial charge in [-0.15, -0.1) is 0 Å². The van der Waals surface area contributed by atoms with Gasteiger partial charge in [-0.25, -0.2) is 8.42 Å². The minimum atomic E-state index is -3.14. The number of hydrogen-bond acceptors (Lipinski definition) is 6. The summed E-state index contributed by atoms with van der Waals surface area (Å²) in [6.45, 7) is 6.31. The van der Waals surface area contributed by atoms with Crippen LogP contribution in [-0.2, 0) is 26.1 Å². The van der Waals surface area contributed by atoms with Gasteiger partial charge in [0, 0.05) is 51.4 Å². The molecule has 3 rings (SSSR count). The van der Waals surface area contributed by atoms with E-state index >= 15 is 0 Å². The SMILES string of the molecule is CCOC(=O)C1CCN(C(=O)c2cccc(CN3CCN(S(C)(=O)=O)CC3)c2)CC1. The first-order valence-electron chi connectivity index (χ1n) is 10.5. The van der Waals surface area contributed by atoms with Gasteiger partial charge in [-0.05, 0) is 37.5 Å². The normalized spacial score (nSPS) is 19.6. The fourth-order valence-electron chi connectivity index (χ4n) is 4.04. The van der Waals surface area contributed by atoms with Crippen LogP contribution in [0.25, 0.3) is 0 Å². The second kappa shape index (κ2) is 9.89. The summed E-state index contributed by atoms with van der Waals surface area (Å²) in [5, 5.41) is 0. The molecule has 0 N–H and O–H groups in total. The molecule has 2 saturated heterocycles. The van der Waals surface area contributed by atoms with Crippen molar-refractivity contribution in [3.8, 4) is 0 Å². The molecule has 9 heteroatoms. The standard InChI is InChI=1S/C21H31N3O5S/c1-3-29-21(26)18-7-9-23(10-8-18)20(25)19-6-4-5-17(15-19)16-22-11-13-24(14-12-22)30(2,27)28/h4-6,15,18H,3,7-14,16H2,1-2H3. The zero-order chi connectivity index (χ0) is 21.7. The van der Waals surface area contributed by atoms with E-state index in [0.29, 0.717) is 70.8 Å². The molecule has 8 nitrogen and oxygen atoms in total. The second-order valence-corrected chi connectivity index (χ2v) is 9.94. The molecule has 0 aliphatic carbocycles. The Morgan fingerprint density at radius 2 is 1.73 bits per heavy atom. The summed E-state index contributed by atoms with van der Waals surface area (Å²) < 4.78 is 29.9. The maximum Gasteiger partial charge on any atom is 0.309 e. The van der Waals surface area contributed by atoms with Crippen LogP contribution in [0.15, 0.2) is 24.3 Å². The first-order chi connectivity index (χ1) is 14.3. The lowest BCUT2D eigenvalue weighted by Crippen LogP contribution is -2.47. The molecule has 2 heterocycles. The van der Waals surface area contributed by atoms with Gasteiger partial charge in [0.15, 0.2) is 0 Å². The van der Waals surface area contributed by atoms with Crippen molar-refractivity contribution in [3.63, 3.8) is 0 Å². The van der Waals surface area contributed by atoms with Crippen LogP contribution in [0, 0.1) is 5.92 Å². The van der Waals surface area contributed by atoms with Crippen molar-refractivity contribution in [2.75, 3.05) is 52.1 Å². The number of benzene rings is 1. The van der Waals surface area contributed by atoms with Gasteiger partial charge in [0.2, 0.25) is 10.0 Å². The van der Waals surface area contributed by atoms with E-state index in [1.54, 1.807) is 11.8 Å². The number of esters is 1. The molecule has 0 spiro atoms. The Labute approximate surface area is 178 Å². The number of sulfonamides is 1.